The first-order chi connectivity index (χ1) is 21.3. The van der Waals surface area contributed by atoms with Crippen LogP contribution in [0, 0.1) is 37.5 Å². The van der Waals surface area contributed by atoms with Crippen molar-refractivity contribution in [3.63, 3.8) is 0 Å². The maximum Gasteiger partial charge on any atom is 0.314 e. The highest BCUT2D eigenvalue weighted by atomic mass is 35.5. The predicted molar refractivity (Wildman–Crippen MR) is 177 cm³/mol. The summed E-state index contributed by atoms with van der Waals surface area (Å²) >= 11 is 0. The fourth-order valence-electron chi connectivity index (χ4n) is 4.56. The average Bonchev–Trinajstić information content (AvgIpc) is 3.85. The summed E-state index contributed by atoms with van der Waals surface area (Å²) in [7, 11) is 3.12. The zero-order valence-electron chi connectivity index (χ0n) is 25.7. The van der Waals surface area contributed by atoms with Gasteiger partial charge in [0.2, 0.25) is 0 Å². The van der Waals surface area contributed by atoms with Gasteiger partial charge in [0.15, 0.2) is 11.5 Å². The number of halogens is 2. The van der Waals surface area contributed by atoms with Crippen LogP contribution in [0.5, 0.6) is 11.5 Å². The summed E-state index contributed by atoms with van der Waals surface area (Å²) in [5, 5.41) is 0. The molecule has 0 N–H and O–H groups in total. The number of pyridine rings is 2. The van der Waals surface area contributed by atoms with Crippen LogP contribution in [0.25, 0.3) is 0 Å². The Labute approximate surface area is 288 Å². The number of ether oxygens (including phenoxy) is 4. The molecule has 4 saturated carbocycles. The largest absolute Gasteiger partial charge is 0.460 e. The van der Waals surface area contributed by atoms with Crippen LogP contribution in [-0.4, -0.2) is 33.8 Å². The SMILES string of the molecule is Cc1ncc(CSSCc2cnc(C)c(OC(=O)C3CC3)c2COC(=O)C2CC2)c(COC(=O)C2CC2)c1OC(=O)C1CC1.Cl.Cl. The molecule has 2 aromatic heterocycles. The molecule has 250 valence electrons. The van der Waals surface area contributed by atoms with Crippen molar-refractivity contribution in [2.45, 2.75) is 89.9 Å². The van der Waals surface area contributed by atoms with Crippen molar-refractivity contribution in [1.82, 2.24) is 9.97 Å². The summed E-state index contributed by atoms with van der Waals surface area (Å²) in [4.78, 5) is 58.8. The number of carbonyl (C=O) groups excluding carboxylic acids is 4. The standard InChI is InChI=1S/C32H36N2O8S2.2ClH/c1-17-27(41-31(37)21-7-8-21)25(13-39-29(35)19-3-4-19)23(11-33-17)15-43-44-16-24-12-34-18(2)28(42-32(38)22-9-10-22)26(24)14-40-30(36)20-5-6-20;;/h11-12,19-22H,3-10,13-16H2,1-2H3;2*1H. The lowest BCUT2D eigenvalue weighted by atomic mass is 10.1. The van der Waals surface area contributed by atoms with E-state index in [1.807, 2.05) is 0 Å². The molecule has 0 radical (unpaired) electrons. The van der Waals surface area contributed by atoms with Crippen LogP contribution in [0.1, 0.15) is 85.0 Å². The van der Waals surface area contributed by atoms with Gasteiger partial charge in [0, 0.05) is 35.0 Å². The van der Waals surface area contributed by atoms with Gasteiger partial charge in [-0.05, 0) is 76.3 Å². The predicted octanol–water partition coefficient (Wildman–Crippen LogP) is 6.56. The highest BCUT2D eigenvalue weighted by Crippen LogP contribution is 2.40. The molecule has 0 atom stereocenters. The average molecular weight is 714 g/mol. The molecule has 6 rings (SSSR count). The van der Waals surface area contributed by atoms with E-state index in [1.54, 1.807) is 47.8 Å². The number of nitrogens with zero attached hydrogens (tertiary/aromatic N) is 2. The van der Waals surface area contributed by atoms with Gasteiger partial charge < -0.3 is 18.9 Å². The Kier molecular flexibility index (Phi) is 12.7. The number of carbonyl (C=O) groups is 4. The highest BCUT2D eigenvalue weighted by molar-refractivity contribution is 8.76. The van der Waals surface area contributed by atoms with Crippen LogP contribution in [0.15, 0.2) is 12.4 Å². The lowest BCUT2D eigenvalue weighted by molar-refractivity contribution is -0.147. The van der Waals surface area contributed by atoms with E-state index >= 15 is 0 Å². The maximum atomic E-state index is 12.6. The van der Waals surface area contributed by atoms with Crippen LogP contribution in [0.4, 0.5) is 0 Å². The van der Waals surface area contributed by atoms with Crippen molar-refractivity contribution in [1.29, 1.82) is 0 Å². The number of esters is 4. The number of hydrogen-bond donors (Lipinski definition) is 0. The Morgan fingerprint density at radius 1 is 0.609 bits per heavy atom. The van der Waals surface area contributed by atoms with Gasteiger partial charge in [0.1, 0.15) is 13.2 Å². The molecule has 0 aliphatic heterocycles. The number of rotatable bonds is 15. The van der Waals surface area contributed by atoms with E-state index in [-0.39, 0.29) is 85.6 Å². The first-order valence-corrected chi connectivity index (χ1v) is 17.7. The second-order valence-electron chi connectivity index (χ2n) is 12.0. The lowest BCUT2D eigenvalue weighted by Gasteiger charge is -2.17. The Balaban J connectivity index is 0.00000240. The Bertz CT molecular complexity index is 1370. The second-order valence-corrected chi connectivity index (χ2v) is 14.5. The van der Waals surface area contributed by atoms with Crippen molar-refractivity contribution < 1.29 is 38.1 Å². The van der Waals surface area contributed by atoms with Crippen LogP contribution >= 0.6 is 46.4 Å². The smallest absolute Gasteiger partial charge is 0.314 e. The molecule has 0 unspecified atom stereocenters. The zero-order chi connectivity index (χ0) is 30.8. The second kappa shape index (κ2) is 16.0. The van der Waals surface area contributed by atoms with Crippen molar-refractivity contribution in [2.75, 3.05) is 0 Å². The quantitative estimate of drug-likeness (QED) is 0.113. The Morgan fingerprint density at radius 3 is 1.26 bits per heavy atom. The van der Waals surface area contributed by atoms with Crippen LogP contribution in [0.2, 0.25) is 0 Å². The molecule has 4 aliphatic carbocycles. The Morgan fingerprint density at radius 2 is 0.935 bits per heavy atom. The minimum atomic E-state index is -0.274. The first kappa shape index (κ1) is 36.3. The van der Waals surface area contributed by atoms with E-state index in [4.69, 9.17) is 18.9 Å². The molecular formula is C32H38Cl2N2O8S2. The molecule has 10 nitrogen and oxygen atoms in total. The van der Waals surface area contributed by atoms with Gasteiger partial charge in [-0.15, -0.1) is 24.8 Å². The first-order valence-electron chi connectivity index (χ1n) is 15.2. The molecule has 2 aromatic rings. The number of hydrogen-bond acceptors (Lipinski definition) is 12. The molecule has 0 spiro atoms. The third kappa shape index (κ3) is 9.51. The van der Waals surface area contributed by atoms with Crippen molar-refractivity contribution >= 4 is 70.3 Å². The topological polar surface area (TPSA) is 131 Å². The summed E-state index contributed by atoms with van der Waals surface area (Å²) in [5.74, 6) is 0.506. The van der Waals surface area contributed by atoms with Crippen molar-refractivity contribution in [2.24, 2.45) is 23.7 Å². The van der Waals surface area contributed by atoms with Gasteiger partial charge in [-0.1, -0.05) is 21.6 Å². The summed E-state index contributed by atoms with van der Waals surface area (Å²) in [6.45, 7) is 3.59. The van der Waals surface area contributed by atoms with E-state index in [0.29, 0.717) is 45.5 Å². The number of aromatic nitrogens is 2. The molecule has 0 bridgehead atoms. The van der Waals surface area contributed by atoms with Crippen molar-refractivity contribution in [3.05, 3.63) is 46.0 Å². The fourth-order valence-corrected chi connectivity index (χ4v) is 6.74. The van der Waals surface area contributed by atoms with Gasteiger partial charge in [-0.2, -0.15) is 0 Å². The van der Waals surface area contributed by atoms with Crippen LogP contribution in [-0.2, 0) is 53.4 Å². The van der Waals surface area contributed by atoms with Gasteiger partial charge in [0.25, 0.3) is 0 Å². The summed E-state index contributed by atoms with van der Waals surface area (Å²) in [6.07, 6.45) is 10.1. The highest BCUT2D eigenvalue weighted by Gasteiger charge is 2.35. The minimum Gasteiger partial charge on any atom is -0.460 e. The van der Waals surface area contributed by atoms with Crippen LogP contribution in [0.3, 0.4) is 0 Å². The monoisotopic (exact) mass is 712 g/mol. The third-order valence-corrected chi connectivity index (χ3v) is 10.3. The van der Waals surface area contributed by atoms with Gasteiger partial charge in [0.05, 0.1) is 35.1 Å². The molecule has 0 aromatic carbocycles. The van der Waals surface area contributed by atoms with E-state index in [9.17, 15) is 19.2 Å². The summed E-state index contributed by atoms with van der Waals surface area (Å²) in [5.41, 5.74) is 4.09. The molecule has 4 fully saturated rings. The summed E-state index contributed by atoms with van der Waals surface area (Å²) < 4.78 is 22.8. The molecule has 4 aliphatic rings. The molecule has 14 heteroatoms. The van der Waals surface area contributed by atoms with E-state index < -0.39 is 0 Å². The molecule has 0 saturated heterocycles. The van der Waals surface area contributed by atoms with Crippen LogP contribution < -0.4 is 9.47 Å². The van der Waals surface area contributed by atoms with E-state index in [0.717, 1.165) is 62.5 Å². The molecule has 46 heavy (non-hydrogen) atoms. The molecule has 2 heterocycles. The fraction of sp³-hybridized carbons (Fsp3) is 0.562. The van der Waals surface area contributed by atoms with E-state index in [2.05, 4.69) is 9.97 Å². The van der Waals surface area contributed by atoms with E-state index in [1.165, 1.54) is 0 Å². The third-order valence-electron chi connectivity index (χ3n) is 8.09. The maximum absolute atomic E-state index is 12.6. The van der Waals surface area contributed by atoms with Gasteiger partial charge in [-0.3, -0.25) is 29.1 Å². The lowest BCUT2D eigenvalue weighted by Crippen LogP contribution is -2.15. The summed E-state index contributed by atoms with van der Waals surface area (Å²) in [6, 6.07) is 0. The Hall–Kier alpha value is -2.54. The van der Waals surface area contributed by atoms with Gasteiger partial charge in [-0.25, -0.2) is 0 Å². The van der Waals surface area contributed by atoms with Crippen molar-refractivity contribution in [3.8, 4) is 11.5 Å². The number of aryl methyl sites for hydroxylation is 2. The molecule has 0 amide bonds. The molecular weight excluding hydrogens is 675 g/mol. The normalized spacial score (nSPS) is 16.8. The minimum absolute atomic E-state index is 0. The zero-order valence-corrected chi connectivity index (χ0v) is 29.0. The van der Waals surface area contributed by atoms with Gasteiger partial charge >= 0.3 is 23.9 Å².